The summed E-state index contributed by atoms with van der Waals surface area (Å²) in [7, 11) is 3.39. The summed E-state index contributed by atoms with van der Waals surface area (Å²) >= 11 is 0. The van der Waals surface area contributed by atoms with Gasteiger partial charge in [0.1, 0.15) is 5.75 Å². The van der Waals surface area contributed by atoms with Crippen LogP contribution in [0.4, 0.5) is 0 Å². The molecule has 0 saturated carbocycles. The number of carbonyl (C=O) groups excluding carboxylic acids is 2. The van der Waals surface area contributed by atoms with Gasteiger partial charge in [0.25, 0.3) is 5.91 Å². The average Bonchev–Trinajstić information content (AvgIpc) is 2.67. The van der Waals surface area contributed by atoms with Crippen LogP contribution in [0.3, 0.4) is 0 Å². The Bertz CT molecular complexity index is 877. The van der Waals surface area contributed by atoms with Gasteiger partial charge in [-0.05, 0) is 62.2 Å². The molecule has 0 bridgehead atoms. The van der Waals surface area contributed by atoms with Crippen molar-refractivity contribution in [1.29, 1.82) is 0 Å². The molecule has 0 spiro atoms. The first kappa shape index (κ1) is 21.2. The van der Waals surface area contributed by atoms with E-state index in [4.69, 9.17) is 4.74 Å². The maximum atomic E-state index is 12.5. The Morgan fingerprint density at radius 2 is 1.71 bits per heavy atom. The highest BCUT2D eigenvalue weighted by Crippen LogP contribution is 2.24. The van der Waals surface area contributed by atoms with E-state index in [1.165, 1.54) is 11.0 Å². The SMILES string of the molecule is C=CCc1ccc(OC(C)C)c(C=CC(=O)c2ccc(C(=O)N(C)C)cc2)c1. The van der Waals surface area contributed by atoms with Crippen molar-refractivity contribution in [3.8, 4) is 5.75 Å². The Kier molecular flexibility index (Phi) is 7.33. The molecular formula is C24H27NO3. The number of benzene rings is 2. The molecule has 4 nitrogen and oxygen atoms in total. The van der Waals surface area contributed by atoms with Crippen LogP contribution in [0, 0.1) is 0 Å². The molecule has 0 heterocycles. The van der Waals surface area contributed by atoms with Crippen LogP contribution in [-0.4, -0.2) is 36.8 Å². The highest BCUT2D eigenvalue weighted by molar-refractivity contribution is 6.07. The molecule has 146 valence electrons. The van der Waals surface area contributed by atoms with Gasteiger partial charge in [0, 0.05) is 30.8 Å². The Morgan fingerprint density at radius 3 is 2.29 bits per heavy atom. The molecule has 0 atom stereocenters. The van der Waals surface area contributed by atoms with Crippen molar-refractivity contribution in [3.63, 3.8) is 0 Å². The average molecular weight is 377 g/mol. The lowest BCUT2D eigenvalue weighted by Gasteiger charge is -2.13. The second-order valence-electron chi connectivity index (χ2n) is 7.01. The molecule has 0 N–H and O–H groups in total. The Morgan fingerprint density at radius 1 is 1.07 bits per heavy atom. The summed E-state index contributed by atoms with van der Waals surface area (Å²) in [4.78, 5) is 26.0. The maximum Gasteiger partial charge on any atom is 0.253 e. The molecule has 4 heteroatoms. The number of nitrogens with zero attached hydrogens (tertiary/aromatic N) is 1. The van der Waals surface area contributed by atoms with Gasteiger partial charge >= 0.3 is 0 Å². The van der Waals surface area contributed by atoms with Crippen molar-refractivity contribution in [3.05, 3.63) is 83.4 Å². The Balaban J connectivity index is 2.23. The third kappa shape index (κ3) is 5.68. The maximum absolute atomic E-state index is 12.5. The van der Waals surface area contributed by atoms with Crippen LogP contribution in [0.5, 0.6) is 5.75 Å². The second kappa shape index (κ2) is 9.70. The van der Waals surface area contributed by atoms with E-state index in [0.717, 1.165) is 23.3 Å². The summed E-state index contributed by atoms with van der Waals surface area (Å²) in [5.74, 6) is 0.510. The third-order valence-electron chi connectivity index (χ3n) is 4.05. The molecule has 0 aromatic heterocycles. The molecule has 2 aromatic rings. The van der Waals surface area contributed by atoms with E-state index < -0.39 is 0 Å². The standard InChI is InChI=1S/C24H27NO3/c1-6-7-18-8-15-23(28-17(2)3)21(16-18)13-14-22(26)19-9-11-20(12-10-19)24(27)25(4)5/h6,8-17H,1,7H2,2-5H3. The monoisotopic (exact) mass is 377 g/mol. The van der Waals surface area contributed by atoms with Gasteiger partial charge in [-0.2, -0.15) is 0 Å². The van der Waals surface area contributed by atoms with E-state index >= 15 is 0 Å². The number of ketones is 1. The highest BCUT2D eigenvalue weighted by Gasteiger charge is 2.10. The second-order valence-corrected chi connectivity index (χ2v) is 7.01. The van der Waals surface area contributed by atoms with Crippen LogP contribution in [0.25, 0.3) is 6.08 Å². The number of hydrogen-bond donors (Lipinski definition) is 0. The van der Waals surface area contributed by atoms with Crippen molar-refractivity contribution in [1.82, 2.24) is 4.90 Å². The third-order valence-corrected chi connectivity index (χ3v) is 4.05. The van der Waals surface area contributed by atoms with E-state index in [-0.39, 0.29) is 17.8 Å². The predicted molar refractivity (Wildman–Crippen MR) is 114 cm³/mol. The van der Waals surface area contributed by atoms with E-state index in [1.54, 1.807) is 44.4 Å². The quantitative estimate of drug-likeness (QED) is 0.377. The first-order valence-corrected chi connectivity index (χ1v) is 9.26. The lowest BCUT2D eigenvalue weighted by Crippen LogP contribution is -2.21. The van der Waals surface area contributed by atoms with Gasteiger partial charge in [0.05, 0.1) is 6.10 Å². The largest absolute Gasteiger partial charge is 0.490 e. The fourth-order valence-corrected chi connectivity index (χ4v) is 2.68. The topological polar surface area (TPSA) is 46.6 Å². The van der Waals surface area contributed by atoms with Crippen LogP contribution in [0.15, 0.2) is 61.2 Å². The summed E-state index contributed by atoms with van der Waals surface area (Å²) in [6.45, 7) is 7.70. The predicted octanol–water partition coefficient (Wildman–Crippen LogP) is 4.80. The zero-order valence-corrected chi connectivity index (χ0v) is 16.9. The lowest BCUT2D eigenvalue weighted by molar-refractivity contribution is 0.0827. The van der Waals surface area contributed by atoms with Gasteiger partial charge in [0.2, 0.25) is 0 Å². The summed E-state index contributed by atoms with van der Waals surface area (Å²) in [5.41, 5.74) is 3.03. The van der Waals surface area contributed by atoms with E-state index in [0.29, 0.717) is 11.1 Å². The Labute approximate surface area is 167 Å². The number of amides is 1. The molecule has 0 saturated heterocycles. The highest BCUT2D eigenvalue weighted by atomic mass is 16.5. The van der Waals surface area contributed by atoms with Gasteiger partial charge in [-0.3, -0.25) is 9.59 Å². The van der Waals surface area contributed by atoms with Crippen LogP contribution >= 0.6 is 0 Å². The first-order valence-electron chi connectivity index (χ1n) is 9.26. The van der Waals surface area contributed by atoms with E-state index in [1.807, 2.05) is 38.1 Å². The molecule has 0 fully saturated rings. The number of ether oxygens (including phenoxy) is 1. The van der Waals surface area contributed by atoms with Crippen LogP contribution in [0.2, 0.25) is 0 Å². The fraction of sp³-hybridized carbons (Fsp3) is 0.250. The summed E-state index contributed by atoms with van der Waals surface area (Å²) in [6.07, 6.45) is 5.93. The van der Waals surface area contributed by atoms with Crippen LogP contribution in [0.1, 0.15) is 45.7 Å². The van der Waals surface area contributed by atoms with Gasteiger partial charge in [-0.1, -0.05) is 24.3 Å². The van der Waals surface area contributed by atoms with Crippen molar-refractivity contribution in [2.75, 3.05) is 14.1 Å². The number of carbonyl (C=O) groups is 2. The minimum Gasteiger partial charge on any atom is -0.490 e. The molecule has 2 aromatic carbocycles. The van der Waals surface area contributed by atoms with Crippen molar-refractivity contribution in [2.24, 2.45) is 0 Å². The Hall–Kier alpha value is -3.14. The zero-order valence-electron chi connectivity index (χ0n) is 16.9. The number of hydrogen-bond acceptors (Lipinski definition) is 3. The lowest BCUT2D eigenvalue weighted by atomic mass is 10.0. The molecule has 0 unspecified atom stereocenters. The zero-order chi connectivity index (χ0) is 20.7. The molecular weight excluding hydrogens is 350 g/mol. The summed E-state index contributed by atoms with van der Waals surface area (Å²) in [5, 5.41) is 0. The molecule has 0 aliphatic heterocycles. The molecule has 1 amide bonds. The number of allylic oxidation sites excluding steroid dienone is 2. The molecule has 0 radical (unpaired) electrons. The first-order chi connectivity index (χ1) is 13.3. The number of rotatable bonds is 8. The molecule has 0 aliphatic carbocycles. The minimum absolute atomic E-state index is 0.0369. The summed E-state index contributed by atoms with van der Waals surface area (Å²) in [6, 6.07) is 12.6. The van der Waals surface area contributed by atoms with Crippen LogP contribution < -0.4 is 4.74 Å². The molecule has 2 rings (SSSR count). The van der Waals surface area contributed by atoms with Gasteiger partial charge in [0.15, 0.2) is 5.78 Å². The van der Waals surface area contributed by atoms with Gasteiger partial charge in [-0.25, -0.2) is 0 Å². The van der Waals surface area contributed by atoms with E-state index in [9.17, 15) is 9.59 Å². The van der Waals surface area contributed by atoms with Gasteiger partial charge in [-0.15, -0.1) is 6.58 Å². The van der Waals surface area contributed by atoms with E-state index in [2.05, 4.69) is 6.58 Å². The minimum atomic E-state index is -0.131. The van der Waals surface area contributed by atoms with Crippen LogP contribution in [-0.2, 0) is 6.42 Å². The molecule has 28 heavy (non-hydrogen) atoms. The van der Waals surface area contributed by atoms with Crippen molar-refractivity contribution < 1.29 is 14.3 Å². The molecule has 0 aliphatic rings. The fourth-order valence-electron chi connectivity index (χ4n) is 2.68. The normalized spacial score (nSPS) is 10.9. The smallest absolute Gasteiger partial charge is 0.253 e. The van der Waals surface area contributed by atoms with Gasteiger partial charge < -0.3 is 9.64 Å². The van der Waals surface area contributed by atoms with Crippen molar-refractivity contribution >= 4 is 17.8 Å². The summed E-state index contributed by atoms with van der Waals surface area (Å²) < 4.78 is 5.85. The van der Waals surface area contributed by atoms with Crippen molar-refractivity contribution in [2.45, 2.75) is 26.4 Å².